The van der Waals surface area contributed by atoms with Crippen LogP contribution >= 0.6 is 11.6 Å². The molecule has 0 aliphatic heterocycles. The molecule has 1 atom stereocenters. The number of aryl methyl sites for hydroxylation is 1. The summed E-state index contributed by atoms with van der Waals surface area (Å²) in [7, 11) is 0. The SMILES string of the molecule is Cc1ccc(Cl)cc1NC1=CC(=O)CC(c2ccco2)C1. The summed E-state index contributed by atoms with van der Waals surface area (Å²) >= 11 is 6.03. The van der Waals surface area contributed by atoms with Gasteiger partial charge in [0.05, 0.1) is 6.26 Å². The van der Waals surface area contributed by atoms with Crippen LogP contribution in [-0.4, -0.2) is 5.78 Å². The Balaban J connectivity index is 1.81. The molecular formula is C17H16ClNO2. The van der Waals surface area contributed by atoms with Gasteiger partial charge in [0.25, 0.3) is 0 Å². The monoisotopic (exact) mass is 301 g/mol. The molecule has 1 aliphatic carbocycles. The predicted molar refractivity (Wildman–Crippen MR) is 83.6 cm³/mol. The number of nitrogens with one attached hydrogen (secondary N) is 1. The van der Waals surface area contributed by atoms with Crippen molar-refractivity contribution < 1.29 is 9.21 Å². The maximum atomic E-state index is 11.9. The fourth-order valence-corrected chi connectivity index (χ4v) is 2.78. The summed E-state index contributed by atoms with van der Waals surface area (Å²) in [6, 6.07) is 9.46. The third-order valence-corrected chi connectivity index (χ3v) is 3.92. The highest BCUT2D eigenvalue weighted by atomic mass is 35.5. The number of furan rings is 1. The van der Waals surface area contributed by atoms with Crippen molar-refractivity contribution in [1.29, 1.82) is 0 Å². The molecule has 3 rings (SSSR count). The van der Waals surface area contributed by atoms with Crippen LogP contribution in [-0.2, 0) is 4.79 Å². The minimum absolute atomic E-state index is 0.0968. The quantitative estimate of drug-likeness (QED) is 0.894. The van der Waals surface area contributed by atoms with E-state index in [0.717, 1.165) is 29.1 Å². The van der Waals surface area contributed by atoms with E-state index in [1.165, 1.54) is 0 Å². The van der Waals surface area contributed by atoms with Crippen molar-refractivity contribution in [2.24, 2.45) is 0 Å². The van der Waals surface area contributed by atoms with Crippen LogP contribution in [0.2, 0.25) is 5.02 Å². The number of hydrogen-bond acceptors (Lipinski definition) is 3. The van der Waals surface area contributed by atoms with Gasteiger partial charge in [-0.2, -0.15) is 0 Å². The second kappa shape index (κ2) is 5.78. The van der Waals surface area contributed by atoms with Crippen LogP contribution in [0.3, 0.4) is 0 Å². The van der Waals surface area contributed by atoms with Crippen molar-refractivity contribution in [2.75, 3.05) is 5.32 Å². The molecule has 3 nitrogen and oxygen atoms in total. The highest BCUT2D eigenvalue weighted by molar-refractivity contribution is 6.30. The van der Waals surface area contributed by atoms with Gasteiger partial charge in [-0.05, 0) is 43.2 Å². The van der Waals surface area contributed by atoms with Crippen molar-refractivity contribution >= 4 is 23.1 Å². The van der Waals surface area contributed by atoms with Crippen molar-refractivity contribution in [3.8, 4) is 0 Å². The van der Waals surface area contributed by atoms with Gasteiger partial charge in [0.15, 0.2) is 5.78 Å². The minimum atomic E-state index is 0.0968. The van der Waals surface area contributed by atoms with Gasteiger partial charge in [0.1, 0.15) is 5.76 Å². The zero-order chi connectivity index (χ0) is 14.8. The Morgan fingerprint density at radius 3 is 2.90 bits per heavy atom. The molecule has 21 heavy (non-hydrogen) atoms. The van der Waals surface area contributed by atoms with Crippen molar-refractivity contribution in [3.63, 3.8) is 0 Å². The third kappa shape index (κ3) is 3.19. The largest absolute Gasteiger partial charge is 0.469 e. The summed E-state index contributed by atoms with van der Waals surface area (Å²) in [6.45, 7) is 2.01. The number of anilines is 1. The maximum Gasteiger partial charge on any atom is 0.158 e. The highest BCUT2D eigenvalue weighted by Gasteiger charge is 2.24. The lowest BCUT2D eigenvalue weighted by Gasteiger charge is -2.22. The number of hydrogen-bond donors (Lipinski definition) is 1. The third-order valence-electron chi connectivity index (χ3n) is 3.69. The predicted octanol–water partition coefficient (Wildman–Crippen LogP) is 4.68. The number of benzene rings is 1. The minimum Gasteiger partial charge on any atom is -0.469 e. The molecule has 2 aromatic rings. The molecule has 0 spiro atoms. The fourth-order valence-electron chi connectivity index (χ4n) is 2.61. The second-order valence-corrected chi connectivity index (χ2v) is 5.78. The van der Waals surface area contributed by atoms with Crippen molar-refractivity contribution in [2.45, 2.75) is 25.7 Å². The van der Waals surface area contributed by atoms with E-state index in [4.69, 9.17) is 16.0 Å². The van der Waals surface area contributed by atoms with Crippen LogP contribution in [0.15, 0.2) is 52.8 Å². The topological polar surface area (TPSA) is 42.2 Å². The van der Waals surface area contributed by atoms with E-state index in [1.54, 1.807) is 12.3 Å². The molecule has 1 aromatic carbocycles. The number of carbonyl (C=O) groups is 1. The standard InChI is InChI=1S/C17H16ClNO2/c1-11-4-5-13(18)9-16(11)19-14-7-12(8-15(20)10-14)17-3-2-6-21-17/h2-6,9-10,12,19H,7-8H2,1H3. The first kappa shape index (κ1) is 14.0. The molecule has 1 unspecified atom stereocenters. The van der Waals surface area contributed by atoms with Crippen LogP contribution in [0.4, 0.5) is 5.69 Å². The average Bonchev–Trinajstić information content (AvgIpc) is 2.96. The Labute approximate surface area is 128 Å². The lowest BCUT2D eigenvalue weighted by Crippen LogP contribution is -2.16. The Morgan fingerprint density at radius 2 is 2.14 bits per heavy atom. The first-order valence-corrected chi connectivity index (χ1v) is 7.29. The van der Waals surface area contributed by atoms with E-state index < -0.39 is 0 Å². The van der Waals surface area contributed by atoms with Gasteiger partial charge in [-0.3, -0.25) is 4.79 Å². The van der Waals surface area contributed by atoms with Crippen LogP contribution in [0.5, 0.6) is 0 Å². The number of allylic oxidation sites excluding steroid dienone is 2. The smallest absolute Gasteiger partial charge is 0.158 e. The number of halogens is 1. The fraction of sp³-hybridized carbons (Fsp3) is 0.235. The summed E-state index contributed by atoms with van der Waals surface area (Å²) in [5.41, 5.74) is 2.92. The molecule has 1 aromatic heterocycles. The second-order valence-electron chi connectivity index (χ2n) is 5.34. The first-order valence-electron chi connectivity index (χ1n) is 6.92. The normalized spacial score (nSPS) is 18.5. The Bertz CT molecular complexity index is 689. The molecule has 1 heterocycles. The van der Waals surface area contributed by atoms with Crippen LogP contribution in [0.25, 0.3) is 0 Å². The zero-order valence-electron chi connectivity index (χ0n) is 11.7. The molecule has 0 saturated carbocycles. The van der Waals surface area contributed by atoms with Gasteiger partial charge in [0.2, 0.25) is 0 Å². The van der Waals surface area contributed by atoms with E-state index >= 15 is 0 Å². The van der Waals surface area contributed by atoms with Crippen LogP contribution in [0.1, 0.15) is 30.1 Å². The van der Waals surface area contributed by atoms with Gasteiger partial charge in [-0.25, -0.2) is 0 Å². The van der Waals surface area contributed by atoms with Gasteiger partial charge in [-0.1, -0.05) is 17.7 Å². The molecule has 0 bridgehead atoms. The molecule has 4 heteroatoms. The molecule has 108 valence electrons. The Hall–Kier alpha value is -2.00. The number of carbonyl (C=O) groups excluding carboxylic acids is 1. The lowest BCUT2D eigenvalue weighted by molar-refractivity contribution is -0.115. The molecule has 1 N–H and O–H groups in total. The zero-order valence-corrected chi connectivity index (χ0v) is 12.5. The van der Waals surface area contributed by atoms with Crippen molar-refractivity contribution in [3.05, 3.63) is 64.7 Å². The van der Waals surface area contributed by atoms with E-state index in [0.29, 0.717) is 11.4 Å². The van der Waals surface area contributed by atoms with Gasteiger partial charge >= 0.3 is 0 Å². The molecular weight excluding hydrogens is 286 g/mol. The highest BCUT2D eigenvalue weighted by Crippen LogP contribution is 2.33. The van der Waals surface area contributed by atoms with Crippen molar-refractivity contribution in [1.82, 2.24) is 0 Å². The summed E-state index contributed by atoms with van der Waals surface area (Å²) in [4.78, 5) is 11.9. The molecule has 0 fully saturated rings. The lowest BCUT2D eigenvalue weighted by atomic mass is 9.89. The Morgan fingerprint density at radius 1 is 1.29 bits per heavy atom. The number of rotatable bonds is 3. The summed E-state index contributed by atoms with van der Waals surface area (Å²) in [5.74, 6) is 1.07. The van der Waals surface area contributed by atoms with Crippen LogP contribution in [0, 0.1) is 6.92 Å². The van der Waals surface area contributed by atoms with Gasteiger partial charge in [0, 0.05) is 34.8 Å². The first-order chi connectivity index (χ1) is 10.1. The summed E-state index contributed by atoms with van der Waals surface area (Å²) in [6.07, 6.45) is 4.57. The molecule has 1 aliphatic rings. The van der Waals surface area contributed by atoms with Gasteiger partial charge in [-0.15, -0.1) is 0 Å². The molecule has 0 amide bonds. The molecule has 0 saturated heterocycles. The maximum absolute atomic E-state index is 11.9. The van der Waals surface area contributed by atoms with Gasteiger partial charge < -0.3 is 9.73 Å². The van der Waals surface area contributed by atoms with Crippen LogP contribution < -0.4 is 5.32 Å². The average molecular weight is 302 g/mol. The van der Waals surface area contributed by atoms with E-state index in [-0.39, 0.29) is 11.7 Å². The van der Waals surface area contributed by atoms with E-state index in [1.807, 2.05) is 37.3 Å². The van der Waals surface area contributed by atoms with E-state index in [9.17, 15) is 4.79 Å². The molecule has 0 radical (unpaired) electrons. The Kier molecular flexibility index (Phi) is 3.84. The van der Waals surface area contributed by atoms with E-state index in [2.05, 4.69) is 5.32 Å². The number of ketones is 1. The summed E-state index contributed by atoms with van der Waals surface area (Å²) in [5, 5.41) is 4.00. The summed E-state index contributed by atoms with van der Waals surface area (Å²) < 4.78 is 5.43.